The minimum absolute atomic E-state index is 0.333. The van der Waals surface area contributed by atoms with E-state index in [9.17, 15) is 0 Å². The molecule has 0 amide bonds. The van der Waals surface area contributed by atoms with Crippen molar-refractivity contribution in [3.05, 3.63) is 46.8 Å². The number of halogens is 1. The van der Waals surface area contributed by atoms with Gasteiger partial charge in [0.25, 0.3) is 5.89 Å². The molecule has 1 saturated heterocycles. The van der Waals surface area contributed by atoms with Gasteiger partial charge in [-0.3, -0.25) is 0 Å². The summed E-state index contributed by atoms with van der Waals surface area (Å²) in [5.74, 6) is 0.877. The molecule has 0 aliphatic carbocycles. The van der Waals surface area contributed by atoms with E-state index in [2.05, 4.69) is 20.5 Å². The third-order valence-electron chi connectivity index (χ3n) is 4.62. The summed E-state index contributed by atoms with van der Waals surface area (Å²) in [5, 5.41) is 17.4. The van der Waals surface area contributed by atoms with Gasteiger partial charge in [0.2, 0.25) is 5.89 Å². The Hall–Kier alpha value is -2.29. The van der Waals surface area contributed by atoms with E-state index in [1.54, 1.807) is 11.8 Å². The van der Waals surface area contributed by atoms with Crippen molar-refractivity contribution in [1.29, 1.82) is 0 Å². The van der Waals surface area contributed by atoms with Crippen molar-refractivity contribution in [1.82, 2.24) is 25.2 Å². The van der Waals surface area contributed by atoms with Crippen LogP contribution in [0, 0.1) is 6.92 Å². The van der Waals surface area contributed by atoms with Gasteiger partial charge in [-0.1, -0.05) is 28.9 Å². The summed E-state index contributed by atoms with van der Waals surface area (Å²) in [6.45, 7) is 3.30. The first-order chi connectivity index (χ1) is 12.6. The van der Waals surface area contributed by atoms with Crippen molar-refractivity contribution in [2.45, 2.75) is 25.5 Å². The summed E-state index contributed by atoms with van der Waals surface area (Å²) in [7, 11) is 1.62. The van der Waals surface area contributed by atoms with Gasteiger partial charge in [0.1, 0.15) is 12.2 Å². The molecule has 9 heteroatoms. The summed E-state index contributed by atoms with van der Waals surface area (Å²) in [6.07, 6.45) is 0.689. The van der Waals surface area contributed by atoms with Crippen molar-refractivity contribution in [2.24, 2.45) is 0 Å². The van der Waals surface area contributed by atoms with Gasteiger partial charge in [0, 0.05) is 24.1 Å². The minimum Gasteiger partial charge on any atom is -0.420 e. The Bertz CT molecular complexity index is 900. The van der Waals surface area contributed by atoms with Gasteiger partial charge >= 0.3 is 0 Å². The van der Waals surface area contributed by atoms with E-state index in [1.807, 2.05) is 31.2 Å². The highest BCUT2D eigenvalue weighted by atomic mass is 35.5. The maximum absolute atomic E-state index is 5.94. The highest BCUT2D eigenvalue weighted by Crippen LogP contribution is 2.33. The van der Waals surface area contributed by atoms with E-state index < -0.39 is 5.60 Å². The van der Waals surface area contributed by atoms with Crippen molar-refractivity contribution in [2.75, 3.05) is 20.3 Å². The van der Waals surface area contributed by atoms with E-state index in [0.29, 0.717) is 43.0 Å². The average Bonchev–Trinajstić information content (AvgIpc) is 3.38. The molecule has 26 heavy (non-hydrogen) atoms. The second kappa shape index (κ2) is 6.79. The predicted molar refractivity (Wildman–Crippen MR) is 92.7 cm³/mol. The number of methoxy groups -OCH3 is 1. The molecule has 1 aliphatic rings. The van der Waals surface area contributed by atoms with Crippen LogP contribution in [0.3, 0.4) is 0 Å². The normalized spacial score (nSPS) is 20.0. The summed E-state index contributed by atoms with van der Waals surface area (Å²) < 4.78 is 18.5. The largest absolute Gasteiger partial charge is 0.420 e. The predicted octanol–water partition coefficient (Wildman–Crippen LogP) is 2.60. The number of ether oxygens (including phenoxy) is 2. The fourth-order valence-electron chi connectivity index (χ4n) is 2.98. The molecule has 0 bridgehead atoms. The molecule has 1 atom stereocenters. The summed E-state index contributed by atoms with van der Waals surface area (Å²) in [6, 6.07) is 7.48. The zero-order valence-electron chi connectivity index (χ0n) is 14.5. The molecule has 0 saturated carbocycles. The number of hydrogen-bond donors (Lipinski definition) is 0. The van der Waals surface area contributed by atoms with Gasteiger partial charge in [-0.15, -0.1) is 15.3 Å². The molecular weight excluding hydrogens is 358 g/mol. The Balaban J connectivity index is 1.56. The van der Waals surface area contributed by atoms with Gasteiger partial charge in [-0.2, -0.15) is 0 Å². The van der Waals surface area contributed by atoms with Gasteiger partial charge in [-0.25, -0.2) is 4.68 Å². The average molecular weight is 376 g/mol. The van der Waals surface area contributed by atoms with Gasteiger partial charge in [0.15, 0.2) is 5.60 Å². The van der Waals surface area contributed by atoms with Crippen LogP contribution in [0.15, 0.2) is 28.7 Å². The monoisotopic (exact) mass is 375 g/mol. The van der Waals surface area contributed by atoms with Crippen molar-refractivity contribution in [3.63, 3.8) is 0 Å². The van der Waals surface area contributed by atoms with Crippen molar-refractivity contribution >= 4 is 11.6 Å². The van der Waals surface area contributed by atoms with Crippen LogP contribution in [-0.2, 0) is 21.6 Å². The molecule has 0 spiro atoms. The van der Waals surface area contributed by atoms with E-state index in [4.69, 9.17) is 25.5 Å². The quantitative estimate of drug-likeness (QED) is 0.677. The molecule has 2 aromatic heterocycles. The number of benzene rings is 1. The fraction of sp³-hybridized carbons (Fsp3) is 0.412. The third kappa shape index (κ3) is 3.00. The molecule has 4 rings (SSSR count). The lowest BCUT2D eigenvalue weighted by molar-refractivity contribution is -0.0417. The molecular formula is C17H18ClN5O3. The molecule has 1 unspecified atom stereocenters. The molecule has 3 heterocycles. The molecule has 3 aromatic rings. The van der Waals surface area contributed by atoms with Crippen LogP contribution >= 0.6 is 11.6 Å². The van der Waals surface area contributed by atoms with Crippen LogP contribution in [0.1, 0.15) is 23.9 Å². The maximum atomic E-state index is 5.94. The van der Waals surface area contributed by atoms with E-state index in [1.165, 1.54) is 0 Å². The molecule has 1 aromatic carbocycles. The second-order valence-electron chi connectivity index (χ2n) is 6.19. The highest BCUT2D eigenvalue weighted by molar-refractivity contribution is 6.30. The van der Waals surface area contributed by atoms with Crippen LogP contribution < -0.4 is 0 Å². The fourth-order valence-corrected chi connectivity index (χ4v) is 3.10. The van der Waals surface area contributed by atoms with E-state index in [-0.39, 0.29) is 0 Å². The zero-order valence-corrected chi connectivity index (χ0v) is 15.2. The van der Waals surface area contributed by atoms with Crippen molar-refractivity contribution < 1.29 is 13.9 Å². The summed E-state index contributed by atoms with van der Waals surface area (Å²) in [5.41, 5.74) is 1.99. The minimum atomic E-state index is -0.656. The Morgan fingerprint density at radius 1 is 1.23 bits per heavy atom. The first kappa shape index (κ1) is 17.1. The van der Waals surface area contributed by atoms with Crippen LogP contribution in [0.4, 0.5) is 0 Å². The number of aromatic nitrogens is 5. The van der Waals surface area contributed by atoms with Gasteiger partial charge in [0.05, 0.1) is 18.9 Å². The smallest absolute Gasteiger partial charge is 0.250 e. The van der Waals surface area contributed by atoms with Crippen LogP contribution in [0.5, 0.6) is 0 Å². The van der Waals surface area contributed by atoms with Crippen LogP contribution in [0.2, 0.25) is 5.02 Å². The topological polar surface area (TPSA) is 88.1 Å². The summed E-state index contributed by atoms with van der Waals surface area (Å²) >= 11 is 5.94. The molecule has 0 radical (unpaired) electrons. The Kier molecular flexibility index (Phi) is 4.47. The Morgan fingerprint density at radius 2 is 2.04 bits per heavy atom. The zero-order chi connectivity index (χ0) is 18.1. The maximum Gasteiger partial charge on any atom is 0.250 e. The number of hydrogen-bond acceptors (Lipinski definition) is 7. The summed E-state index contributed by atoms with van der Waals surface area (Å²) in [4.78, 5) is 0. The molecule has 0 N–H and O–H groups in total. The lowest BCUT2D eigenvalue weighted by Crippen LogP contribution is -2.29. The standard InChI is InChI=1S/C17H18ClN5O3/c1-11-15(12-3-5-13(18)6-4-12)20-22-23(11)9-14-19-21-16(26-14)17(24-2)7-8-25-10-17/h3-6H,7-10H2,1-2H3. The molecule has 136 valence electrons. The molecule has 1 fully saturated rings. The van der Waals surface area contributed by atoms with E-state index in [0.717, 1.165) is 17.0 Å². The van der Waals surface area contributed by atoms with Gasteiger partial charge in [-0.05, 0) is 19.1 Å². The molecule has 8 nitrogen and oxygen atoms in total. The number of nitrogens with zero attached hydrogens (tertiary/aromatic N) is 5. The first-order valence-corrected chi connectivity index (χ1v) is 8.61. The second-order valence-corrected chi connectivity index (χ2v) is 6.63. The van der Waals surface area contributed by atoms with Crippen LogP contribution in [0.25, 0.3) is 11.3 Å². The van der Waals surface area contributed by atoms with Crippen LogP contribution in [-0.4, -0.2) is 45.5 Å². The SMILES string of the molecule is COC1(c2nnc(Cn3nnc(-c4ccc(Cl)cc4)c3C)o2)CCOC1. The Morgan fingerprint density at radius 3 is 2.73 bits per heavy atom. The molecule has 1 aliphatic heterocycles. The van der Waals surface area contributed by atoms with Gasteiger partial charge < -0.3 is 13.9 Å². The Labute approximate surface area is 155 Å². The number of rotatable bonds is 5. The lowest BCUT2D eigenvalue weighted by Gasteiger charge is -2.20. The first-order valence-electron chi connectivity index (χ1n) is 8.23. The van der Waals surface area contributed by atoms with Crippen molar-refractivity contribution in [3.8, 4) is 11.3 Å². The lowest BCUT2D eigenvalue weighted by atomic mass is 10.0. The third-order valence-corrected chi connectivity index (χ3v) is 4.87. The van der Waals surface area contributed by atoms with E-state index >= 15 is 0 Å². The highest BCUT2D eigenvalue weighted by Gasteiger charge is 2.42.